The first-order chi connectivity index (χ1) is 9.06. The van der Waals surface area contributed by atoms with Crippen molar-refractivity contribution in [2.75, 3.05) is 13.1 Å². The normalized spacial score (nSPS) is 19.8. The molecule has 102 valence electrons. The van der Waals surface area contributed by atoms with Gasteiger partial charge in [-0.05, 0) is 31.1 Å². The Labute approximate surface area is 120 Å². The number of carbonyl (C=O) groups excluding carboxylic acids is 1. The summed E-state index contributed by atoms with van der Waals surface area (Å²) in [5.41, 5.74) is 0. The van der Waals surface area contributed by atoms with Crippen LogP contribution in [0.3, 0.4) is 0 Å². The summed E-state index contributed by atoms with van der Waals surface area (Å²) in [5, 5.41) is 8.98. The molecule has 2 heterocycles. The first kappa shape index (κ1) is 14.1. The molecule has 4 nitrogen and oxygen atoms in total. The highest BCUT2D eigenvalue weighted by atomic mass is 35.5. The molecule has 0 spiro atoms. The molecular formula is C13H14ClNO3S. The lowest BCUT2D eigenvalue weighted by Gasteiger charge is -2.29. The van der Waals surface area contributed by atoms with Crippen LogP contribution in [0.2, 0.25) is 4.34 Å². The minimum atomic E-state index is -0.827. The van der Waals surface area contributed by atoms with Gasteiger partial charge in [0.2, 0.25) is 5.91 Å². The zero-order valence-corrected chi connectivity index (χ0v) is 11.8. The highest BCUT2D eigenvalue weighted by Crippen LogP contribution is 2.23. The molecule has 1 saturated heterocycles. The number of carbonyl (C=O) groups is 2. The topological polar surface area (TPSA) is 57.6 Å². The third-order valence-electron chi connectivity index (χ3n) is 3.07. The van der Waals surface area contributed by atoms with E-state index < -0.39 is 11.9 Å². The maximum atomic E-state index is 12.0. The van der Waals surface area contributed by atoms with E-state index in [1.807, 2.05) is 6.07 Å². The van der Waals surface area contributed by atoms with Crippen molar-refractivity contribution in [3.05, 3.63) is 27.4 Å². The minimum absolute atomic E-state index is 0.143. The van der Waals surface area contributed by atoms with Gasteiger partial charge in [-0.1, -0.05) is 11.6 Å². The third-order valence-corrected chi connectivity index (χ3v) is 4.26. The number of nitrogens with zero attached hydrogens (tertiary/aromatic N) is 1. The highest BCUT2D eigenvalue weighted by molar-refractivity contribution is 7.17. The zero-order valence-electron chi connectivity index (χ0n) is 10.2. The van der Waals surface area contributed by atoms with Gasteiger partial charge in [0, 0.05) is 24.0 Å². The van der Waals surface area contributed by atoms with Gasteiger partial charge in [0.15, 0.2) is 0 Å². The summed E-state index contributed by atoms with van der Waals surface area (Å²) < 4.78 is 0.677. The Morgan fingerprint density at radius 1 is 1.47 bits per heavy atom. The Hall–Kier alpha value is -1.33. The summed E-state index contributed by atoms with van der Waals surface area (Å²) in [6.45, 7) is 0.919. The standard InChI is InChI=1S/C13H14ClNO3S/c14-11-5-3-10(19-11)4-6-12(16)15-7-1-2-9(8-15)13(17)18/h3-6,9H,1-2,7-8H2,(H,17,18)/b6-4+. The van der Waals surface area contributed by atoms with Gasteiger partial charge in [-0.3, -0.25) is 9.59 Å². The number of aliphatic carboxylic acids is 1. The summed E-state index contributed by atoms with van der Waals surface area (Å²) in [5.74, 6) is -1.41. The number of carboxylic acids is 1. The van der Waals surface area contributed by atoms with Crippen LogP contribution in [-0.4, -0.2) is 35.0 Å². The molecule has 1 amide bonds. The molecule has 1 aromatic heterocycles. The van der Waals surface area contributed by atoms with E-state index in [0.29, 0.717) is 23.8 Å². The molecule has 0 aliphatic carbocycles. The van der Waals surface area contributed by atoms with Crippen molar-refractivity contribution in [3.8, 4) is 0 Å². The zero-order chi connectivity index (χ0) is 13.8. The quantitative estimate of drug-likeness (QED) is 0.873. The van der Waals surface area contributed by atoms with E-state index in [1.165, 1.54) is 17.4 Å². The Bertz CT molecular complexity index is 512. The van der Waals surface area contributed by atoms with Crippen LogP contribution in [0.15, 0.2) is 18.2 Å². The number of hydrogen-bond donors (Lipinski definition) is 1. The fourth-order valence-electron chi connectivity index (χ4n) is 2.06. The maximum Gasteiger partial charge on any atom is 0.308 e. The van der Waals surface area contributed by atoms with Crippen LogP contribution in [0.4, 0.5) is 0 Å². The van der Waals surface area contributed by atoms with Crippen molar-refractivity contribution < 1.29 is 14.7 Å². The molecule has 1 atom stereocenters. The number of hydrogen-bond acceptors (Lipinski definition) is 3. The summed E-state index contributed by atoms with van der Waals surface area (Å²) in [6, 6.07) is 3.62. The molecule has 0 bridgehead atoms. The van der Waals surface area contributed by atoms with Gasteiger partial charge in [0.1, 0.15) is 0 Å². The van der Waals surface area contributed by atoms with Crippen LogP contribution in [0.5, 0.6) is 0 Å². The first-order valence-electron chi connectivity index (χ1n) is 6.01. The van der Waals surface area contributed by atoms with E-state index >= 15 is 0 Å². The molecular weight excluding hydrogens is 286 g/mol. The third kappa shape index (κ3) is 3.81. The minimum Gasteiger partial charge on any atom is -0.481 e. The van der Waals surface area contributed by atoms with Gasteiger partial charge in [-0.25, -0.2) is 0 Å². The van der Waals surface area contributed by atoms with Crippen LogP contribution in [0.1, 0.15) is 17.7 Å². The van der Waals surface area contributed by atoms with E-state index in [4.69, 9.17) is 16.7 Å². The monoisotopic (exact) mass is 299 g/mol. The number of amides is 1. The number of thiophene rings is 1. The number of carboxylic acid groups (broad SMARTS) is 1. The second-order valence-corrected chi connectivity index (χ2v) is 6.18. The Kier molecular flexibility index (Phi) is 4.61. The summed E-state index contributed by atoms with van der Waals surface area (Å²) >= 11 is 7.20. The van der Waals surface area contributed by atoms with Crippen molar-refractivity contribution in [3.63, 3.8) is 0 Å². The van der Waals surface area contributed by atoms with Gasteiger partial charge in [-0.15, -0.1) is 11.3 Å². The average Bonchev–Trinajstić information content (AvgIpc) is 2.82. The lowest BCUT2D eigenvalue weighted by atomic mass is 9.98. The summed E-state index contributed by atoms with van der Waals surface area (Å²) in [7, 11) is 0. The fourth-order valence-corrected chi connectivity index (χ4v) is 3.02. The molecule has 6 heteroatoms. The molecule has 1 unspecified atom stereocenters. The Morgan fingerprint density at radius 2 is 2.26 bits per heavy atom. The summed E-state index contributed by atoms with van der Waals surface area (Å²) in [4.78, 5) is 25.4. The molecule has 0 saturated carbocycles. The lowest BCUT2D eigenvalue weighted by molar-refractivity contribution is -0.144. The SMILES string of the molecule is O=C(O)C1CCCN(C(=O)/C=C/c2ccc(Cl)s2)C1. The predicted octanol–water partition coefficient (Wildman–Crippen LogP) is 2.74. The number of rotatable bonds is 3. The van der Waals surface area contributed by atoms with E-state index in [1.54, 1.807) is 17.0 Å². The fraction of sp³-hybridized carbons (Fsp3) is 0.385. The molecule has 1 aliphatic heterocycles. The molecule has 1 fully saturated rings. The van der Waals surface area contributed by atoms with Crippen molar-refractivity contribution in [2.24, 2.45) is 5.92 Å². The molecule has 1 aliphatic rings. The van der Waals surface area contributed by atoms with E-state index in [9.17, 15) is 9.59 Å². The van der Waals surface area contributed by atoms with E-state index in [0.717, 1.165) is 11.3 Å². The second kappa shape index (κ2) is 6.21. The molecule has 19 heavy (non-hydrogen) atoms. The molecule has 0 aromatic carbocycles. The van der Waals surface area contributed by atoms with Crippen molar-refractivity contribution in [1.82, 2.24) is 4.90 Å². The van der Waals surface area contributed by atoms with Crippen molar-refractivity contribution >= 4 is 40.9 Å². The van der Waals surface area contributed by atoms with Gasteiger partial charge < -0.3 is 10.0 Å². The van der Waals surface area contributed by atoms with Crippen LogP contribution in [0, 0.1) is 5.92 Å². The first-order valence-corrected chi connectivity index (χ1v) is 7.21. The molecule has 1 aromatic rings. The van der Waals surface area contributed by atoms with Gasteiger partial charge in [0.05, 0.1) is 10.3 Å². The van der Waals surface area contributed by atoms with Crippen LogP contribution in [0.25, 0.3) is 6.08 Å². The van der Waals surface area contributed by atoms with E-state index in [2.05, 4.69) is 0 Å². The lowest BCUT2D eigenvalue weighted by Crippen LogP contribution is -2.41. The van der Waals surface area contributed by atoms with Gasteiger partial charge in [-0.2, -0.15) is 0 Å². The average molecular weight is 300 g/mol. The summed E-state index contributed by atoms with van der Waals surface area (Å²) in [6.07, 6.45) is 4.57. The Morgan fingerprint density at radius 3 is 2.89 bits per heavy atom. The number of halogens is 1. The second-order valence-electron chi connectivity index (χ2n) is 4.44. The maximum absolute atomic E-state index is 12.0. The van der Waals surface area contributed by atoms with Crippen LogP contribution in [-0.2, 0) is 9.59 Å². The Balaban J connectivity index is 1.96. The van der Waals surface area contributed by atoms with Gasteiger partial charge in [0.25, 0.3) is 0 Å². The largest absolute Gasteiger partial charge is 0.481 e. The van der Waals surface area contributed by atoms with E-state index in [-0.39, 0.29) is 5.91 Å². The number of likely N-dealkylation sites (tertiary alicyclic amines) is 1. The van der Waals surface area contributed by atoms with Crippen LogP contribution < -0.4 is 0 Å². The number of piperidine rings is 1. The van der Waals surface area contributed by atoms with Crippen molar-refractivity contribution in [2.45, 2.75) is 12.8 Å². The molecule has 1 N–H and O–H groups in total. The van der Waals surface area contributed by atoms with Crippen molar-refractivity contribution in [1.29, 1.82) is 0 Å². The smallest absolute Gasteiger partial charge is 0.308 e. The molecule has 0 radical (unpaired) electrons. The van der Waals surface area contributed by atoms with Gasteiger partial charge >= 0.3 is 5.97 Å². The van der Waals surface area contributed by atoms with Crippen LogP contribution >= 0.6 is 22.9 Å². The molecule has 2 rings (SSSR count). The highest BCUT2D eigenvalue weighted by Gasteiger charge is 2.27. The predicted molar refractivity (Wildman–Crippen MR) is 75.3 cm³/mol.